The van der Waals surface area contributed by atoms with Gasteiger partial charge in [-0.25, -0.2) is 0 Å². The van der Waals surface area contributed by atoms with Crippen LogP contribution in [0.5, 0.6) is 0 Å². The monoisotopic (exact) mass is 289 g/mol. The first-order chi connectivity index (χ1) is 9.90. The number of aliphatic carboxylic acids is 1. The number of benzene rings is 1. The maximum absolute atomic E-state index is 12.5. The van der Waals surface area contributed by atoms with Crippen LogP contribution in [0.3, 0.4) is 0 Å². The number of carboxylic acids is 1. The summed E-state index contributed by atoms with van der Waals surface area (Å²) in [6, 6.07) is 8.17. The summed E-state index contributed by atoms with van der Waals surface area (Å²) in [4.78, 5) is 25.3. The third-order valence-corrected chi connectivity index (χ3v) is 4.62. The van der Waals surface area contributed by atoms with Crippen molar-refractivity contribution in [3.8, 4) is 0 Å². The zero-order chi connectivity index (χ0) is 15.6. The van der Waals surface area contributed by atoms with E-state index in [0.717, 1.165) is 5.56 Å². The van der Waals surface area contributed by atoms with Crippen molar-refractivity contribution < 1.29 is 14.7 Å². The lowest BCUT2D eigenvalue weighted by molar-refractivity contribution is -0.141. The fourth-order valence-corrected chi connectivity index (χ4v) is 2.98. The van der Waals surface area contributed by atoms with Crippen molar-refractivity contribution in [2.24, 2.45) is 11.8 Å². The molecule has 0 heterocycles. The van der Waals surface area contributed by atoms with Crippen LogP contribution in [-0.4, -0.2) is 28.9 Å². The topological polar surface area (TPSA) is 57.6 Å². The molecular weight excluding hydrogens is 266 g/mol. The van der Waals surface area contributed by atoms with Gasteiger partial charge in [0, 0.05) is 13.0 Å². The summed E-state index contributed by atoms with van der Waals surface area (Å²) in [7, 11) is 1.81. The Hall–Kier alpha value is -1.84. The average molecular weight is 289 g/mol. The molecule has 1 aliphatic rings. The average Bonchev–Trinajstić information content (AvgIpc) is 2.96. The minimum Gasteiger partial charge on any atom is -0.481 e. The van der Waals surface area contributed by atoms with Crippen LogP contribution >= 0.6 is 0 Å². The Morgan fingerprint density at radius 1 is 1.19 bits per heavy atom. The molecule has 4 heteroatoms. The van der Waals surface area contributed by atoms with Crippen LogP contribution in [0.2, 0.25) is 0 Å². The molecule has 2 rings (SSSR count). The van der Waals surface area contributed by atoms with E-state index in [0.29, 0.717) is 19.3 Å². The van der Waals surface area contributed by atoms with Gasteiger partial charge in [0.1, 0.15) is 0 Å². The standard InChI is InChI=1S/C17H23NO3/c1-11-4-6-13(7-5-11)12(2)18(3)16(19)14-8-9-15(10-14)17(20)21/h4-7,12,14-15H,8-10H2,1-3H3,(H,20,21). The number of hydrogen-bond acceptors (Lipinski definition) is 2. The molecule has 0 saturated heterocycles. The molecular formula is C17H23NO3. The lowest BCUT2D eigenvalue weighted by Crippen LogP contribution is -2.34. The van der Waals surface area contributed by atoms with Gasteiger partial charge >= 0.3 is 5.97 Å². The number of carboxylic acid groups (broad SMARTS) is 1. The molecule has 114 valence electrons. The predicted octanol–water partition coefficient (Wildman–Crippen LogP) is 3.02. The van der Waals surface area contributed by atoms with Crippen LogP contribution in [0, 0.1) is 18.8 Å². The molecule has 0 radical (unpaired) electrons. The fourth-order valence-electron chi connectivity index (χ4n) is 2.98. The van der Waals surface area contributed by atoms with E-state index in [1.54, 1.807) is 11.9 Å². The van der Waals surface area contributed by atoms with Gasteiger partial charge < -0.3 is 10.0 Å². The summed E-state index contributed by atoms with van der Waals surface area (Å²) in [5.74, 6) is -1.22. The summed E-state index contributed by atoms with van der Waals surface area (Å²) in [6.45, 7) is 4.04. The van der Waals surface area contributed by atoms with E-state index in [1.807, 2.05) is 38.1 Å². The molecule has 21 heavy (non-hydrogen) atoms. The van der Waals surface area contributed by atoms with Crippen molar-refractivity contribution in [1.29, 1.82) is 0 Å². The second-order valence-electron chi connectivity index (χ2n) is 6.08. The Morgan fingerprint density at radius 2 is 1.76 bits per heavy atom. The quantitative estimate of drug-likeness (QED) is 0.927. The zero-order valence-electron chi connectivity index (χ0n) is 12.9. The van der Waals surface area contributed by atoms with Gasteiger partial charge in [0.2, 0.25) is 5.91 Å². The van der Waals surface area contributed by atoms with Crippen LogP contribution in [0.25, 0.3) is 0 Å². The van der Waals surface area contributed by atoms with Crippen molar-refractivity contribution in [2.45, 2.75) is 39.2 Å². The van der Waals surface area contributed by atoms with Crippen molar-refractivity contribution >= 4 is 11.9 Å². The molecule has 1 aromatic carbocycles. The van der Waals surface area contributed by atoms with E-state index in [-0.39, 0.29) is 23.8 Å². The number of aryl methyl sites for hydroxylation is 1. The molecule has 0 bridgehead atoms. The van der Waals surface area contributed by atoms with E-state index in [9.17, 15) is 9.59 Å². The Morgan fingerprint density at radius 3 is 2.29 bits per heavy atom. The van der Waals surface area contributed by atoms with Crippen LogP contribution in [0.1, 0.15) is 43.4 Å². The van der Waals surface area contributed by atoms with Crippen molar-refractivity contribution in [3.63, 3.8) is 0 Å². The maximum Gasteiger partial charge on any atom is 0.306 e. The fraction of sp³-hybridized carbons (Fsp3) is 0.529. The van der Waals surface area contributed by atoms with E-state index >= 15 is 0 Å². The van der Waals surface area contributed by atoms with Gasteiger partial charge in [0.25, 0.3) is 0 Å². The Labute approximate surface area is 125 Å². The first-order valence-electron chi connectivity index (χ1n) is 7.46. The van der Waals surface area contributed by atoms with Gasteiger partial charge in [-0.2, -0.15) is 0 Å². The summed E-state index contributed by atoms with van der Waals surface area (Å²) in [5.41, 5.74) is 2.30. The zero-order valence-corrected chi connectivity index (χ0v) is 12.9. The Bertz CT molecular complexity index is 523. The molecule has 1 aromatic rings. The van der Waals surface area contributed by atoms with Gasteiger partial charge in [-0.1, -0.05) is 29.8 Å². The highest BCUT2D eigenvalue weighted by molar-refractivity contribution is 5.81. The van der Waals surface area contributed by atoms with E-state index in [4.69, 9.17) is 5.11 Å². The molecule has 1 aliphatic carbocycles. The van der Waals surface area contributed by atoms with E-state index in [1.165, 1.54) is 5.56 Å². The molecule has 1 fully saturated rings. The lowest BCUT2D eigenvalue weighted by atomic mass is 10.0. The second-order valence-corrected chi connectivity index (χ2v) is 6.08. The molecule has 0 aromatic heterocycles. The van der Waals surface area contributed by atoms with Crippen molar-refractivity contribution in [1.82, 2.24) is 4.90 Å². The normalized spacial score (nSPS) is 22.8. The van der Waals surface area contributed by atoms with Crippen molar-refractivity contribution in [3.05, 3.63) is 35.4 Å². The number of carbonyl (C=O) groups excluding carboxylic acids is 1. The number of rotatable bonds is 4. The molecule has 3 unspecified atom stereocenters. The second kappa shape index (κ2) is 6.29. The Balaban J connectivity index is 2.02. The molecule has 0 spiro atoms. The summed E-state index contributed by atoms with van der Waals surface area (Å²) < 4.78 is 0. The molecule has 1 N–H and O–H groups in total. The van der Waals surface area contributed by atoms with Gasteiger partial charge in [-0.05, 0) is 38.7 Å². The third kappa shape index (κ3) is 3.43. The van der Waals surface area contributed by atoms with Crippen molar-refractivity contribution in [2.75, 3.05) is 7.05 Å². The van der Waals surface area contributed by atoms with Gasteiger partial charge in [-0.15, -0.1) is 0 Å². The number of carbonyl (C=O) groups is 2. The number of amides is 1. The SMILES string of the molecule is Cc1ccc(C(C)N(C)C(=O)C2CCC(C(=O)O)C2)cc1. The molecule has 1 amide bonds. The largest absolute Gasteiger partial charge is 0.481 e. The van der Waals surface area contributed by atoms with Crippen LogP contribution in [0.4, 0.5) is 0 Å². The van der Waals surface area contributed by atoms with Gasteiger partial charge in [0.15, 0.2) is 0 Å². The lowest BCUT2D eigenvalue weighted by Gasteiger charge is -2.28. The third-order valence-electron chi connectivity index (χ3n) is 4.62. The van der Waals surface area contributed by atoms with Crippen LogP contribution < -0.4 is 0 Å². The van der Waals surface area contributed by atoms with E-state index in [2.05, 4.69) is 0 Å². The summed E-state index contributed by atoms with van der Waals surface area (Å²) in [5, 5.41) is 9.04. The van der Waals surface area contributed by atoms with Crippen LogP contribution in [0.15, 0.2) is 24.3 Å². The highest BCUT2D eigenvalue weighted by atomic mass is 16.4. The van der Waals surface area contributed by atoms with Crippen LogP contribution in [-0.2, 0) is 9.59 Å². The summed E-state index contributed by atoms with van der Waals surface area (Å²) >= 11 is 0. The maximum atomic E-state index is 12.5. The molecule has 0 aliphatic heterocycles. The predicted molar refractivity (Wildman–Crippen MR) is 80.8 cm³/mol. The van der Waals surface area contributed by atoms with Gasteiger partial charge in [0.05, 0.1) is 12.0 Å². The minimum absolute atomic E-state index is 0.00183. The van der Waals surface area contributed by atoms with E-state index < -0.39 is 5.97 Å². The molecule has 3 atom stereocenters. The van der Waals surface area contributed by atoms with Gasteiger partial charge in [-0.3, -0.25) is 9.59 Å². The highest BCUT2D eigenvalue weighted by Crippen LogP contribution is 2.33. The summed E-state index contributed by atoms with van der Waals surface area (Å²) in [6.07, 6.45) is 1.76. The smallest absolute Gasteiger partial charge is 0.306 e. The minimum atomic E-state index is -0.778. The first-order valence-corrected chi connectivity index (χ1v) is 7.46. The molecule has 4 nitrogen and oxygen atoms in total. The Kier molecular flexibility index (Phi) is 4.66. The number of nitrogens with zero attached hydrogens (tertiary/aromatic N) is 1. The molecule has 1 saturated carbocycles. The number of hydrogen-bond donors (Lipinski definition) is 1. The first kappa shape index (κ1) is 15.5. The highest BCUT2D eigenvalue weighted by Gasteiger charge is 2.36.